The molecule has 2 aliphatic rings. The molecule has 0 aliphatic carbocycles. The highest BCUT2D eigenvalue weighted by molar-refractivity contribution is 7.89. The summed E-state index contributed by atoms with van der Waals surface area (Å²) in [4.78, 5) is 25.5. The lowest BCUT2D eigenvalue weighted by Gasteiger charge is -2.37. The van der Waals surface area contributed by atoms with Gasteiger partial charge in [-0.3, -0.25) is 14.9 Å². The zero-order valence-corrected chi connectivity index (χ0v) is 18.6. The van der Waals surface area contributed by atoms with E-state index < -0.39 is 20.9 Å². The quantitative estimate of drug-likeness (QED) is 0.502. The number of rotatable bonds is 5. The molecule has 0 bridgehead atoms. The number of nitro groups is 1. The number of nitro benzene ring substituents is 1. The zero-order chi connectivity index (χ0) is 22.9. The van der Waals surface area contributed by atoms with Gasteiger partial charge in [0.1, 0.15) is 5.75 Å². The normalized spacial score (nSPS) is 19.3. The van der Waals surface area contributed by atoms with E-state index in [4.69, 9.17) is 4.74 Å². The summed E-state index contributed by atoms with van der Waals surface area (Å²) in [5.41, 5.74) is 1.66. The van der Waals surface area contributed by atoms with Crippen molar-refractivity contribution in [2.24, 2.45) is 5.92 Å². The van der Waals surface area contributed by atoms with Crippen molar-refractivity contribution in [2.75, 3.05) is 31.6 Å². The Bertz CT molecular complexity index is 1120. The van der Waals surface area contributed by atoms with Gasteiger partial charge < -0.3 is 9.64 Å². The molecule has 0 radical (unpaired) electrons. The molecular weight excluding hydrogens is 434 g/mol. The lowest BCUT2D eigenvalue weighted by atomic mass is 9.94. The van der Waals surface area contributed by atoms with Gasteiger partial charge in [-0.15, -0.1) is 0 Å². The highest BCUT2D eigenvalue weighted by atomic mass is 32.2. The minimum absolute atomic E-state index is 0.0128. The van der Waals surface area contributed by atoms with Crippen LogP contribution in [0.1, 0.15) is 24.8 Å². The molecule has 1 fully saturated rings. The van der Waals surface area contributed by atoms with Gasteiger partial charge in [-0.25, -0.2) is 8.42 Å². The lowest BCUT2D eigenvalue weighted by Crippen LogP contribution is -2.48. The van der Waals surface area contributed by atoms with E-state index >= 15 is 0 Å². The van der Waals surface area contributed by atoms with Crippen molar-refractivity contribution < 1.29 is 22.9 Å². The van der Waals surface area contributed by atoms with Crippen LogP contribution in [-0.2, 0) is 21.2 Å². The number of anilines is 1. The Kier molecular flexibility index (Phi) is 6.16. The Morgan fingerprint density at radius 1 is 1.12 bits per heavy atom. The number of hydrogen-bond donors (Lipinski definition) is 0. The number of ether oxygens (including phenoxy) is 1. The number of nitrogens with zero attached hydrogens (tertiary/aromatic N) is 3. The minimum Gasteiger partial charge on any atom is -0.495 e. The fourth-order valence-corrected chi connectivity index (χ4v) is 6.00. The molecule has 9 nitrogen and oxygen atoms in total. The standard InChI is InChI=1S/C22H25N3O6S/c1-31-20-8-2-5-16-6-4-14-24(21(16)20)22(26)17-7-3-13-23(15-17)32(29,30)19-11-9-18(10-12-19)25(27)28/h2,5,8-12,17H,3-4,6-7,13-15H2,1H3. The van der Waals surface area contributed by atoms with Crippen LogP contribution in [0.15, 0.2) is 47.4 Å². The summed E-state index contributed by atoms with van der Waals surface area (Å²) in [5.74, 6) is 0.0770. The predicted octanol–water partition coefficient (Wildman–Crippen LogP) is 2.98. The van der Waals surface area contributed by atoms with Crippen LogP contribution in [0.3, 0.4) is 0 Å². The molecule has 1 saturated heterocycles. The summed E-state index contributed by atoms with van der Waals surface area (Å²) in [6.07, 6.45) is 2.87. The van der Waals surface area contributed by atoms with Gasteiger partial charge in [0.05, 0.1) is 28.5 Å². The average Bonchev–Trinajstić information content (AvgIpc) is 2.82. The van der Waals surface area contributed by atoms with Gasteiger partial charge in [-0.05, 0) is 49.4 Å². The van der Waals surface area contributed by atoms with E-state index in [0.717, 1.165) is 24.1 Å². The van der Waals surface area contributed by atoms with Crippen LogP contribution in [0.2, 0.25) is 0 Å². The number of sulfonamides is 1. The summed E-state index contributed by atoms with van der Waals surface area (Å²) in [7, 11) is -2.28. The Balaban J connectivity index is 1.56. The predicted molar refractivity (Wildman–Crippen MR) is 118 cm³/mol. The van der Waals surface area contributed by atoms with Gasteiger partial charge in [-0.2, -0.15) is 4.31 Å². The van der Waals surface area contributed by atoms with Crippen molar-refractivity contribution in [2.45, 2.75) is 30.6 Å². The second kappa shape index (κ2) is 8.87. The van der Waals surface area contributed by atoms with E-state index in [1.807, 2.05) is 18.2 Å². The molecule has 0 saturated carbocycles. The molecule has 4 rings (SSSR count). The second-order valence-corrected chi connectivity index (χ2v) is 9.95. The molecule has 170 valence electrons. The Morgan fingerprint density at radius 2 is 1.88 bits per heavy atom. The van der Waals surface area contributed by atoms with Crippen molar-refractivity contribution >= 4 is 27.3 Å². The average molecular weight is 460 g/mol. The van der Waals surface area contributed by atoms with E-state index in [-0.39, 0.29) is 23.0 Å². The van der Waals surface area contributed by atoms with Gasteiger partial charge in [0.15, 0.2) is 0 Å². The minimum atomic E-state index is -3.86. The molecule has 0 aromatic heterocycles. The highest BCUT2D eigenvalue weighted by Gasteiger charge is 2.37. The third-order valence-electron chi connectivity index (χ3n) is 6.08. The van der Waals surface area contributed by atoms with Gasteiger partial charge in [0.25, 0.3) is 5.69 Å². The number of carbonyl (C=O) groups is 1. The van der Waals surface area contributed by atoms with E-state index in [9.17, 15) is 23.3 Å². The first-order valence-electron chi connectivity index (χ1n) is 10.5. The van der Waals surface area contributed by atoms with E-state index in [1.165, 1.54) is 28.6 Å². The maximum absolute atomic E-state index is 13.5. The second-order valence-electron chi connectivity index (χ2n) is 8.01. The Morgan fingerprint density at radius 3 is 2.56 bits per heavy atom. The van der Waals surface area contributed by atoms with Gasteiger partial charge in [0, 0.05) is 31.8 Å². The first-order chi connectivity index (χ1) is 15.3. The summed E-state index contributed by atoms with van der Waals surface area (Å²) in [6.45, 7) is 0.958. The van der Waals surface area contributed by atoms with Crippen LogP contribution in [0, 0.1) is 16.0 Å². The molecule has 1 amide bonds. The van der Waals surface area contributed by atoms with Crippen LogP contribution < -0.4 is 9.64 Å². The summed E-state index contributed by atoms with van der Waals surface area (Å²) in [5, 5.41) is 10.9. The number of para-hydroxylation sites is 1. The van der Waals surface area contributed by atoms with E-state index in [1.54, 1.807) is 12.0 Å². The monoisotopic (exact) mass is 459 g/mol. The molecule has 2 aromatic rings. The lowest BCUT2D eigenvalue weighted by molar-refractivity contribution is -0.384. The number of methoxy groups -OCH3 is 1. The molecule has 32 heavy (non-hydrogen) atoms. The largest absolute Gasteiger partial charge is 0.495 e. The number of non-ortho nitro benzene ring substituents is 1. The number of hydrogen-bond acceptors (Lipinski definition) is 6. The fraction of sp³-hybridized carbons (Fsp3) is 0.409. The van der Waals surface area contributed by atoms with Crippen LogP contribution in [0.25, 0.3) is 0 Å². The number of fused-ring (bicyclic) bond motifs is 1. The molecule has 2 aliphatic heterocycles. The summed E-state index contributed by atoms with van der Waals surface area (Å²) >= 11 is 0. The summed E-state index contributed by atoms with van der Waals surface area (Å²) < 4.78 is 33.1. The first kappa shape index (κ1) is 22.2. The SMILES string of the molecule is COc1cccc2c1N(C(=O)C1CCCN(S(=O)(=O)c3ccc([N+](=O)[O-])cc3)C1)CCC2. The number of benzene rings is 2. The molecule has 0 spiro atoms. The number of aryl methyl sites for hydroxylation is 1. The smallest absolute Gasteiger partial charge is 0.269 e. The third kappa shape index (κ3) is 4.07. The van der Waals surface area contributed by atoms with E-state index in [2.05, 4.69) is 0 Å². The fourth-order valence-electron chi connectivity index (χ4n) is 4.47. The van der Waals surface area contributed by atoms with Crippen molar-refractivity contribution in [1.29, 1.82) is 0 Å². The maximum Gasteiger partial charge on any atom is 0.269 e. The van der Waals surface area contributed by atoms with E-state index in [0.29, 0.717) is 31.7 Å². The molecule has 0 N–H and O–H groups in total. The topological polar surface area (TPSA) is 110 Å². The van der Waals surface area contributed by atoms with Gasteiger partial charge in [0.2, 0.25) is 15.9 Å². The van der Waals surface area contributed by atoms with Crippen LogP contribution in [0.5, 0.6) is 5.75 Å². The number of carbonyl (C=O) groups excluding carboxylic acids is 1. The third-order valence-corrected chi connectivity index (χ3v) is 7.96. The van der Waals surface area contributed by atoms with Crippen molar-refractivity contribution in [3.05, 3.63) is 58.1 Å². The molecule has 2 heterocycles. The number of amides is 1. The van der Waals surface area contributed by atoms with Crippen LogP contribution in [0.4, 0.5) is 11.4 Å². The maximum atomic E-state index is 13.5. The number of piperidine rings is 1. The van der Waals surface area contributed by atoms with Crippen molar-refractivity contribution in [3.8, 4) is 5.75 Å². The molecule has 1 atom stereocenters. The molecule has 1 unspecified atom stereocenters. The van der Waals surface area contributed by atoms with Crippen LogP contribution in [-0.4, -0.2) is 50.3 Å². The van der Waals surface area contributed by atoms with Gasteiger partial charge in [-0.1, -0.05) is 12.1 Å². The Labute approximate surface area is 186 Å². The van der Waals surface area contributed by atoms with Crippen molar-refractivity contribution in [3.63, 3.8) is 0 Å². The first-order valence-corrected chi connectivity index (χ1v) is 12.0. The molecular formula is C22H25N3O6S. The molecule has 10 heteroatoms. The Hall–Kier alpha value is -2.98. The van der Waals surface area contributed by atoms with Crippen LogP contribution >= 0.6 is 0 Å². The van der Waals surface area contributed by atoms with Crippen molar-refractivity contribution in [1.82, 2.24) is 4.31 Å². The highest BCUT2D eigenvalue weighted by Crippen LogP contribution is 2.38. The van der Waals surface area contributed by atoms with Gasteiger partial charge >= 0.3 is 0 Å². The zero-order valence-electron chi connectivity index (χ0n) is 17.8. The molecule has 2 aromatic carbocycles. The summed E-state index contributed by atoms with van der Waals surface area (Å²) in [6, 6.07) is 10.6.